The molecule has 2 aromatic rings. The Bertz CT molecular complexity index is 768. The van der Waals surface area contributed by atoms with Crippen molar-refractivity contribution < 1.29 is 13.2 Å². The van der Waals surface area contributed by atoms with Crippen LogP contribution >= 0.6 is 0 Å². The number of aryl methyl sites for hydroxylation is 1. The van der Waals surface area contributed by atoms with Crippen LogP contribution in [-0.2, 0) is 16.4 Å². The fourth-order valence-electron chi connectivity index (χ4n) is 1.99. The molecule has 0 aliphatic heterocycles. The first-order valence-electron chi connectivity index (χ1n) is 6.86. The van der Waals surface area contributed by atoms with Gasteiger partial charge in [0.05, 0.1) is 17.5 Å². The molecule has 0 aliphatic carbocycles. The van der Waals surface area contributed by atoms with Gasteiger partial charge in [0.2, 0.25) is 10.0 Å². The lowest BCUT2D eigenvalue weighted by molar-refractivity contribution is 0.102. The number of amides is 1. The second kappa shape index (κ2) is 6.62. The van der Waals surface area contributed by atoms with Crippen molar-refractivity contribution in [1.82, 2.24) is 0 Å². The lowest BCUT2D eigenvalue weighted by Gasteiger charge is -2.11. The van der Waals surface area contributed by atoms with Crippen molar-refractivity contribution in [2.45, 2.75) is 13.3 Å². The maximum Gasteiger partial charge on any atom is 0.257 e. The number of sulfonamides is 1. The molecule has 116 valence electrons. The van der Waals surface area contributed by atoms with Crippen molar-refractivity contribution in [2.24, 2.45) is 0 Å². The van der Waals surface area contributed by atoms with Gasteiger partial charge in [0, 0.05) is 5.69 Å². The largest absolute Gasteiger partial charge is 0.322 e. The molecule has 0 aromatic heterocycles. The number of anilines is 2. The summed E-state index contributed by atoms with van der Waals surface area (Å²) in [7, 11) is -3.45. The molecule has 0 aliphatic rings. The highest BCUT2D eigenvalue weighted by Crippen LogP contribution is 2.18. The number of benzene rings is 2. The van der Waals surface area contributed by atoms with Crippen LogP contribution < -0.4 is 10.0 Å². The van der Waals surface area contributed by atoms with Gasteiger partial charge in [-0.05, 0) is 36.2 Å². The summed E-state index contributed by atoms with van der Waals surface area (Å²) in [6, 6.07) is 14.0. The third-order valence-corrected chi connectivity index (χ3v) is 3.68. The molecule has 0 fully saturated rings. The van der Waals surface area contributed by atoms with E-state index in [1.54, 1.807) is 24.3 Å². The summed E-state index contributed by atoms with van der Waals surface area (Å²) in [5.74, 6) is -0.365. The Balaban J connectivity index is 2.22. The lowest BCUT2D eigenvalue weighted by Crippen LogP contribution is -2.17. The average molecular weight is 318 g/mol. The van der Waals surface area contributed by atoms with E-state index < -0.39 is 10.0 Å². The van der Waals surface area contributed by atoms with E-state index in [1.165, 1.54) is 5.56 Å². The molecule has 6 heteroatoms. The second-order valence-corrected chi connectivity index (χ2v) is 6.67. The van der Waals surface area contributed by atoms with Crippen LogP contribution in [0.2, 0.25) is 0 Å². The van der Waals surface area contributed by atoms with Crippen molar-refractivity contribution >= 4 is 27.3 Å². The number of carbonyl (C=O) groups excluding carboxylic acids is 1. The molecular weight excluding hydrogens is 300 g/mol. The van der Waals surface area contributed by atoms with Crippen molar-refractivity contribution in [3.8, 4) is 0 Å². The van der Waals surface area contributed by atoms with E-state index in [0.717, 1.165) is 12.7 Å². The molecule has 0 unspecified atom stereocenters. The standard InChI is InChI=1S/C16H18N2O3S/c1-3-12-8-10-13(11-9-12)17-16(19)14-6-4-5-7-15(14)18-22(2,20)21/h4-11,18H,3H2,1-2H3,(H,17,19). The van der Waals surface area contributed by atoms with E-state index in [4.69, 9.17) is 0 Å². The summed E-state index contributed by atoms with van der Waals surface area (Å²) >= 11 is 0. The summed E-state index contributed by atoms with van der Waals surface area (Å²) in [5.41, 5.74) is 2.37. The topological polar surface area (TPSA) is 75.3 Å². The Morgan fingerprint density at radius 1 is 1.05 bits per heavy atom. The van der Waals surface area contributed by atoms with Crippen LogP contribution in [0.3, 0.4) is 0 Å². The third-order valence-electron chi connectivity index (χ3n) is 3.09. The summed E-state index contributed by atoms with van der Waals surface area (Å²) in [6.45, 7) is 2.06. The smallest absolute Gasteiger partial charge is 0.257 e. The van der Waals surface area contributed by atoms with E-state index in [0.29, 0.717) is 5.69 Å². The van der Waals surface area contributed by atoms with Crippen LogP contribution in [0.4, 0.5) is 11.4 Å². The average Bonchev–Trinajstić information content (AvgIpc) is 2.47. The highest BCUT2D eigenvalue weighted by Gasteiger charge is 2.13. The van der Waals surface area contributed by atoms with Crippen molar-refractivity contribution in [2.75, 3.05) is 16.3 Å². The molecule has 2 aromatic carbocycles. The van der Waals surface area contributed by atoms with Crippen LogP contribution in [-0.4, -0.2) is 20.6 Å². The number of nitrogens with one attached hydrogen (secondary N) is 2. The first-order chi connectivity index (χ1) is 10.4. The molecule has 2 N–H and O–H groups in total. The van der Waals surface area contributed by atoms with E-state index >= 15 is 0 Å². The van der Waals surface area contributed by atoms with Crippen molar-refractivity contribution in [3.05, 3.63) is 59.7 Å². The molecule has 2 rings (SSSR count). The molecule has 0 bridgehead atoms. The molecule has 0 heterocycles. The van der Waals surface area contributed by atoms with Gasteiger partial charge in [-0.15, -0.1) is 0 Å². The van der Waals surface area contributed by atoms with Gasteiger partial charge < -0.3 is 5.32 Å². The van der Waals surface area contributed by atoms with Crippen LogP contribution in [0.5, 0.6) is 0 Å². The Labute approximate surface area is 130 Å². The van der Waals surface area contributed by atoms with Crippen LogP contribution in [0.15, 0.2) is 48.5 Å². The maximum absolute atomic E-state index is 12.3. The zero-order valence-electron chi connectivity index (χ0n) is 12.5. The minimum Gasteiger partial charge on any atom is -0.322 e. The van der Waals surface area contributed by atoms with Crippen LogP contribution in [0.1, 0.15) is 22.8 Å². The van der Waals surface area contributed by atoms with E-state index in [9.17, 15) is 13.2 Å². The molecule has 0 saturated heterocycles. The van der Waals surface area contributed by atoms with E-state index in [-0.39, 0.29) is 17.2 Å². The third kappa shape index (κ3) is 4.33. The predicted octanol–water partition coefficient (Wildman–Crippen LogP) is 2.87. The number of carbonyl (C=O) groups is 1. The first kappa shape index (κ1) is 16.0. The maximum atomic E-state index is 12.3. The zero-order chi connectivity index (χ0) is 16.2. The fraction of sp³-hybridized carbons (Fsp3) is 0.188. The molecule has 0 saturated carbocycles. The molecule has 22 heavy (non-hydrogen) atoms. The summed E-state index contributed by atoms with van der Waals surface area (Å²) in [5, 5.41) is 2.76. The number of para-hydroxylation sites is 1. The molecule has 5 nitrogen and oxygen atoms in total. The normalized spacial score (nSPS) is 11.0. The fourth-order valence-corrected chi connectivity index (χ4v) is 2.57. The Kier molecular flexibility index (Phi) is 4.82. The lowest BCUT2D eigenvalue weighted by atomic mass is 10.1. The molecule has 0 atom stereocenters. The molecule has 0 spiro atoms. The van der Waals surface area contributed by atoms with Gasteiger partial charge in [0.1, 0.15) is 0 Å². The summed E-state index contributed by atoms with van der Waals surface area (Å²) in [6.07, 6.45) is 1.97. The summed E-state index contributed by atoms with van der Waals surface area (Å²) < 4.78 is 25.1. The van der Waals surface area contributed by atoms with Gasteiger partial charge in [-0.1, -0.05) is 31.2 Å². The van der Waals surface area contributed by atoms with E-state index in [1.807, 2.05) is 24.3 Å². The molecule has 1 amide bonds. The van der Waals surface area contributed by atoms with Crippen LogP contribution in [0, 0.1) is 0 Å². The van der Waals surface area contributed by atoms with Gasteiger partial charge in [-0.3, -0.25) is 9.52 Å². The Morgan fingerprint density at radius 2 is 1.68 bits per heavy atom. The van der Waals surface area contributed by atoms with Crippen molar-refractivity contribution in [3.63, 3.8) is 0 Å². The monoisotopic (exact) mass is 318 g/mol. The van der Waals surface area contributed by atoms with Gasteiger partial charge in [-0.2, -0.15) is 0 Å². The van der Waals surface area contributed by atoms with Crippen molar-refractivity contribution in [1.29, 1.82) is 0 Å². The Morgan fingerprint density at radius 3 is 2.27 bits per heavy atom. The first-order valence-corrected chi connectivity index (χ1v) is 8.75. The molecular formula is C16H18N2O3S. The van der Waals surface area contributed by atoms with Gasteiger partial charge in [0.15, 0.2) is 0 Å². The highest BCUT2D eigenvalue weighted by molar-refractivity contribution is 7.92. The second-order valence-electron chi connectivity index (χ2n) is 4.92. The SMILES string of the molecule is CCc1ccc(NC(=O)c2ccccc2NS(C)(=O)=O)cc1. The van der Waals surface area contributed by atoms with Gasteiger partial charge in [0.25, 0.3) is 5.91 Å². The quantitative estimate of drug-likeness (QED) is 0.890. The van der Waals surface area contributed by atoms with Gasteiger partial charge >= 0.3 is 0 Å². The number of hydrogen-bond acceptors (Lipinski definition) is 3. The van der Waals surface area contributed by atoms with E-state index in [2.05, 4.69) is 17.0 Å². The zero-order valence-corrected chi connectivity index (χ0v) is 13.3. The molecule has 0 radical (unpaired) electrons. The number of hydrogen-bond donors (Lipinski definition) is 2. The Hall–Kier alpha value is -2.34. The number of rotatable bonds is 5. The van der Waals surface area contributed by atoms with Crippen LogP contribution in [0.25, 0.3) is 0 Å². The van der Waals surface area contributed by atoms with Gasteiger partial charge in [-0.25, -0.2) is 8.42 Å². The predicted molar refractivity (Wildman–Crippen MR) is 88.7 cm³/mol. The summed E-state index contributed by atoms with van der Waals surface area (Å²) in [4.78, 5) is 12.3. The minimum absolute atomic E-state index is 0.257. The minimum atomic E-state index is -3.45. The highest BCUT2D eigenvalue weighted by atomic mass is 32.2.